The summed E-state index contributed by atoms with van der Waals surface area (Å²) < 4.78 is 44.1. The Morgan fingerprint density at radius 3 is 2.33 bits per heavy atom. The van der Waals surface area contributed by atoms with Crippen molar-refractivity contribution in [3.05, 3.63) is 46.8 Å². The molecule has 0 aromatic heterocycles. The summed E-state index contributed by atoms with van der Waals surface area (Å²) in [4.78, 5) is 2.85. The third-order valence-corrected chi connectivity index (χ3v) is 6.02. The molecule has 0 aliphatic rings. The van der Waals surface area contributed by atoms with E-state index in [1.807, 2.05) is 6.92 Å². The zero-order valence-electron chi connectivity index (χ0n) is 17.1. The van der Waals surface area contributed by atoms with Crippen LogP contribution in [0, 0.1) is 0 Å². The minimum Gasteiger partial charge on any atom is -0.496 e. The normalized spacial score (nSPS) is 10.8. The number of hydrogen-bond donors (Lipinski definition) is 1. The average molecular weight is 436 g/mol. The number of ether oxygens (including phenoxy) is 3. The maximum absolute atomic E-state index is 13.5. The van der Waals surface area contributed by atoms with Gasteiger partial charge in [-0.15, -0.1) is 0 Å². The van der Waals surface area contributed by atoms with Crippen molar-refractivity contribution in [2.75, 3.05) is 38.2 Å². The van der Waals surface area contributed by atoms with E-state index in [-0.39, 0.29) is 34.3 Å². The second-order valence-corrected chi connectivity index (χ2v) is 7.87. The van der Waals surface area contributed by atoms with E-state index in [4.69, 9.17) is 25.5 Å². The number of hydrogen-bond acceptors (Lipinski definition) is 7. The number of rotatable bonds is 11. The van der Waals surface area contributed by atoms with E-state index in [0.717, 1.165) is 0 Å². The Balaban J connectivity index is 2.62. The van der Waals surface area contributed by atoms with E-state index < -0.39 is 10.0 Å². The first-order valence-corrected chi connectivity index (χ1v) is 10.6. The summed E-state index contributed by atoms with van der Waals surface area (Å²) in [7, 11) is -1.16. The molecule has 0 fully saturated rings. The Morgan fingerprint density at radius 2 is 1.80 bits per heavy atom. The maximum atomic E-state index is 13.5. The van der Waals surface area contributed by atoms with Gasteiger partial charge >= 0.3 is 0 Å². The lowest BCUT2D eigenvalue weighted by Gasteiger charge is -2.27. The number of azide groups is 1. The van der Waals surface area contributed by atoms with Crippen LogP contribution in [0.15, 0.2) is 46.4 Å². The molecule has 30 heavy (non-hydrogen) atoms. The Labute approximate surface area is 175 Å². The molecule has 11 heteroatoms. The number of nitrogens with zero attached hydrogens (tertiary/aromatic N) is 4. The van der Waals surface area contributed by atoms with Gasteiger partial charge < -0.3 is 19.9 Å². The number of anilines is 1. The minimum absolute atomic E-state index is 0.0862. The van der Waals surface area contributed by atoms with Crippen molar-refractivity contribution in [1.29, 1.82) is 0 Å². The molecule has 0 saturated heterocycles. The lowest BCUT2D eigenvalue weighted by Crippen LogP contribution is -2.33. The van der Waals surface area contributed by atoms with Gasteiger partial charge in [-0.25, -0.2) is 8.42 Å². The van der Waals surface area contributed by atoms with Crippen LogP contribution in [0.4, 0.5) is 11.4 Å². The number of nitrogens with two attached hydrogens (primary N) is 1. The van der Waals surface area contributed by atoms with Crippen molar-refractivity contribution < 1.29 is 22.6 Å². The molecular formula is C19H25N5O5S. The molecule has 162 valence electrons. The number of benzene rings is 2. The fraction of sp³-hybridized carbons (Fsp3) is 0.368. The highest BCUT2D eigenvalue weighted by Gasteiger charge is 2.28. The highest BCUT2D eigenvalue weighted by Crippen LogP contribution is 2.42. The van der Waals surface area contributed by atoms with Gasteiger partial charge in [-0.2, -0.15) is 0 Å². The summed E-state index contributed by atoms with van der Waals surface area (Å²) in [5.74, 6) is 0.996. The predicted octanol–water partition coefficient (Wildman–Crippen LogP) is 3.59. The SMILES string of the molecule is CCOc1ccc(S(=O)(=O)N(CCCN)c2cc(OC)c(N=[N+]=[N-])cc2OC)cc1. The molecule has 2 N–H and O–H groups in total. The van der Waals surface area contributed by atoms with Crippen molar-refractivity contribution in [2.45, 2.75) is 18.2 Å². The topological polar surface area (TPSA) is 140 Å². The van der Waals surface area contributed by atoms with Gasteiger partial charge in [0.2, 0.25) is 0 Å². The third-order valence-electron chi connectivity index (χ3n) is 4.19. The molecule has 10 nitrogen and oxygen atoms in total. The Kier molecular flexibility index (Phi) is 8.16. The molecular weight excluding hydrogens is 410 g/mol. The van der Waals surface area contributed by atoms with Crippen molar-refractivity contribution in [3.8, 4) is 17.2 Å². The monoisotopic (exact) mass is 435 g/mol. The third kappa shape index (κ3) is 5.07. The summed E-state index contributed by atoms with van der Waals surface area (Å²) in [6.45, 7) is 2.74. The molecule has 0 amide bonds. The molecule has 0 bridgehead atoms. The fourth-order valence-corrected chi connectivity index (χ4v) is 4.30. The molecule has 0 unspecified atom stereocenters. The van der Waals surface area contributed by atoms with Gasteiger partial charge in [-0.1, -0.05) is 5.11 Å². The van der Waals surface area contributed by atoms with Crippen LogP contribution in [0.5, 0.6) is 17.2 Å². The van der Waals surface area contributed by atoms with E-state index >= 15 is 0 Å². The Bertz CT molecular complexity index is 1000. The first-order valence-electron chi connectivity index (χ1n) is 9.19. The molecule has 2 aromatic rings. The lowest BCUT2D eigenvalue weighted by atomic mass is 10.2. The molecule has 0 saturated carbocycles. The number of sulfonamides is 1. The van der Waals surface area contributed by atoms with Gasteiger partial charge in [0.25, 0.3) is 10.0 Å². The largest absolute Gasteiger partial charge is 0.496 e. The van der Waals surface area contributed by atoms with Crippen LogP contribution in [0.1, 0.15) is 13.3 Å². The van der Waals surface area contributed by atoms with E-state index in [9.17, 15) is 8.42 Å². The first kappa shape index (κ1) is 23.1. The zero-order valence-corrected chi connectivity index (χ0v) is 17.9. The predicted molar refractivity (Wildman–Crippen MR) is 114 cm³/mol. The summed E-state index contributed by atoms with van der Waals surface area (Å²) in [6.07, 6.45) is 0.416. The van der Waals surface area contributed by atoms with E-state index in [0.29, 0.717) is 25.3 Å². The Hall–Kier alpha value is -3.14. The van der Waals surface area contributed by atoms with Crippen molar-refractivity contribution in [3.63, 3.8) is 0 Å². The quantitative estimate of drug-likeness (QED) is 0.325. The van der Waals surface area contributed by atoms with Gasteiger partial charge in [0, 0.05) is 17.5 Å². The van der Waals surface area contributed by atoms with Crippen LogP contribution < -0.4 is 24.2 Å². The van der Waals surface area contributed by atoms with Crippen molar-refractivity contribution in [2.24, 2.45) is 10.8 Å². The van der Waals surface area contributed by atoms with Crippen molar-refractivity contribution >= 4 is 21.4 Å². The summed E-state index contributed by atoms with van der Waals surface area (Å²) in [5, 5.41) is 3.57. The van der Waals surface area contributed by atoms with Gasteiger partial charge in [0.1, 0.15) is 17.2 Å². The highest BCUT2D eigenvalue weighted by molar-refractivity contribution is 7.92. The summed E-state index contributed by atoms with van der Waals surface area (Å²) in [6, 6.07) is 9.05. The minimum atomic E-state index is -3.96. The highest BCUT2D eigenvalue weighted by atomic mass is 32.2. The first-order chi connectivity index (χ1) is 14.4. The van der Waals surface area contributed by atoms with Crippen LogP contribution in [-0.2, 0) is 10.0 Å². The lowest BCUT2D eigenvalue weighted by molar-refractivity contribution is 0.340. The second-order valence-electron chi connectivity index (χ2n) is 6.01. The standard InChI is InChI=1S/C19H25N5O5S/c1-4-29-14-6-8-15(9-7-14)30(25,26)24(11-5-10-20)17-13-18(27-2)16(22-23-21)12-19(17)28-3/h6-9,12-13H,4-5,10-11,20H2,1-3H3. The van der Waals surface area contributed by atoms with Crippen LogP contribution in [-0.4, -0.2) is 42.3 Å². The van der Waals surface area contributed by atoms with E-state index in [1.165, 1.54) is 42.8 Å². The van der Waals surface area contributed by atoms with E-state index in [1.54, 1.807) is 12.1 Å². The van der Waals surface area contributed by atoms with Crippen LogP contribution in [0.2, 0.25) is 0 Å². The summed E-state index contributed by atoms with van der Waals surface area (Å²) >= 11 is 0. The smallest absolute Gasteiger partial charge is 0.264 e. The average Bonchev–Trinajstić information content (AvgIpc) is 2.75. The zero-order chi connectivity index (χ0) is 22.1. The van der Waals surface area contributed by atoms with Gasteiger partial charge in [-0.3, -0.25) is 4.31 Å². The molecule has 0 spiro atoms. The van der Waals surface area contributed by atoms with Gasteiger partial charge in [-0.05, 0) is 55.8 Å². The molecule has 0 aliphatic carbocycles. The number of methoxy groups -OCH3 is 2. The molecule has 2 rings (SSSR count). The maximum Gasteiger partial charge on any atom is 0.264 e. The molecule has 0 radical (unpaired) electrons. The van der Waals surface area contributed by atoms with Crippen LogP contribution in [0.3, 0.4) is 0 Å². The molecule has 2 aromatic carbocycles. The summed E-state index contributed by atoms with van der Waals surface area (Å²) in [5.41, 5.74) is 14.8. The van der Waals surface area contributed by atoms with Gasteiger partial charge in [0.05, 0.1) is 37.1 Å². The Morgan fingerprint density at radius 1 is 1.13 bits per heavy atom. The fourth-order valence-electron chi connectivity index (χ4n) is 2.79. The molecule has 0 heterocycles. The van der Waals surface area contributed by atoms with Crippen LogP contribution in [0.25, 0.3) is 10.4 Å². The van der Waals surface area contributed by atoms with Crippen molar-refractivity contribution in [1.82, 2.24) is 0 Å². The van der Waals surface area contributed by atoms with E-state index in [2.05, 4.69) is 10.0 Å². The van der Waals surface area contributed by atoms with Crippen LogP contribution >= 0.6 is 0 Å². The van der Waals surface area contributed by atoms with Gasteiger partial charge in [0.15, 0.2) is 0 Å². The molecule has 0 aliphatic heterocycles. The molecule has 0 atom stereocenters. The second kappa shape index (κ2) is 10.6.